The summed E-state index contributed by atoms with van der Waals surface area (Å²) in [6, 6.07) is 7.80. The maximum absolute atomic E-state index is 12.9. The molecule has 0 saturated heterocycles. The summed E-state index contributed by atoms with van der Waals surface area (Å²) in [7, 11) is 2.96. The Morgan fingerprint density at radius 3 is 2.45 bits per heavy atom. The smallest absolute Gasteiger partial charge is 0.341 e. The number of anilines is 1. The first kappa shape index (κ1) is 24.6. The van der Waals surface area contributed by atoms with Crippen LogP contribution in [-0.4, -0.2) is 55.7 Å². The molecule has 1 aromatic heterocycles. The molecule has 0 atom stereocenters. The van der Waals surface area contributed by atoms with Gasteiger partial charge < -0.3 is 25.0 Å². The van der Waals surface area contributed by atoms with E-state index in [4.69, 9.17) is 21.7 Å². The topological polar surface area (TPSA) is 79.9 Å². The van der Waals surface area contributed by atoms with Crippen LogP contribution in [0.15, 0.2) is 24.3 Å². The Morgan fingerprint density at radius 2 is 1.84 bits per heavy atom. The van der Waals surface area contributed by atoms with Gasteiger partial charge in [0.1, 0.15) is 10.8 Å². The average Bonchev–Trinajstić information content (AvgIpc) is 3.09. The Labute approximate surface area is 192 Å². The number of hydrogen-bond donors (Lipinski definition) is 2. The molecule has 1 heterocycles. The summed E-state index contributed by atoms with van der Waals surface area (Å²) in [6.45, 7) is 7.35. The summed E-state index contributed by atoms with van der Waals surface area (Å²) in [4.78, 5) is 27.5. The Morgan fingerprint density at radius 1 is 1.16 bits per heavy atom. The van der Waals surface area contributed by atoms with Gasteiger partial charge in [-0.25, -0.2) is 4.79 Å². The molecule has 0 aliphatic rings. The highest BCUT2D eigenvalue weighted by Crippen LogP contribution is 2.34. The fraction of sp³-hybridized carbons (Fsp3) is 0.409. The van der Waals surface area contributed by atoms with E-state index in [0.29, 0.717) is 52.2 Å². The summed E-state index contributed by atoms with van der Waals surface area (Å²) < 4.78 is 10.3. The van der Waals surface area contributed by atoms with Crippen molar-refractivity contribution < 1.29 is 19.1 Å². The number of thiocarbonyl (C=S) groups is 1. The van der Waals surface area contributed by atoms with Gasteiger partial charge >= 0.3 is 5.97 Å². The molecule has 31 heavy (non-hydrogen) atoms. The van der Waals surface area contributed by atoms with Crippen LogP contribution >= 0.6 is 23.6 Å². The molecule has 0 radical (unpaired) electrons. The highest BCUT2D eigenvalue weighted by molar-refractivity contribution is 7.80. The van der Waals surface area contributed by atoms with Crippen molar-refractivity contribution in [2.75, 3.05) is 39.2 Å². The predicted octanol–water partition coefficient (Wildman–Crippen LogP) is 3.86. The lowest BCUT2D eigenvalue weighted by molar-refractivity contribution is 0.0601. The van der Waals surface area contributed by atoms with Crippen molar-refractivity contribution in [1.29, 1.82) is 0 Å². The third-order valence-corrected chi connectivity index (χ3v) is 6.32. The lowest BCUT2D eigenvalue weighted by Gasteiger charge is -2.18. The van der Waals surface area contributed by atoms with Crippen molar-refractivity contribution in [2.45, 2.75) is 27.2 Å². The largest absolute Gasteiger partial charge is 0.496 e. The van der Waals surface area contributed by atoms with E-state index < -0.39 is 5.97 Å². The third kappa shape index (κ3) is 5.95. The van der Waals surface area contributed by atoms with Crippen LogP contribution in [0.1, 0.15) is 45.0 Å². The molecule has 7 nitrogen and oxygen atoms in total. The Balaban J connectivity index is 2.15. The van der Waals surface area contributed by atoms with Gasteiger partial charge in [-0.3, -0.25) is 4.79 Å². The van der Waals surface area contributed by atoms with Crippen LogP contribution < -0.4 is 15.4 Å². The van der Waals surface area contributed by atoms with E-state index in [9.17, 15) is 9.59 Å². The second-order valence-corrected chi connectivity index (χ2v) is 8.10. The fourth-order valence-electron chi connectivity index (χ4n) is 3.18. The summed E-state index contributed by atoms with van der Waals surface area (Å²) in [5.41, 5.74) is 1.99. The van der Waals surface area contributed by atoms with Gasteiger partial charge in [-0.1, -0.05) is 18.2 Å². The van der Waals surface area contributed by atoms with Gasteiger partial charge in [-0.2, -0.15) is 0 Å². The number of nitrogens with one attached hydrogen (secondary N) is 2. The Bertz CT molecular complexity index is 939. The van der Waals surface area contributed by atoms with Crippen molar-refractivity contribution in [3.63, 3.8) is 0 Å². The summed E-state index contributed by atoms with van der Waals surface area (Å²) in [5, 5.41) is 7.07. The average molecular weight is 464 g/mol. The number of carbonyl (C=O) groups is 2. The molecular weight excluding hydrogens is 434 g/mol. The number of esters is 1. The van der Waals surface area contributed by atoms with Crippen LogP contribution in [0.5, 0.6) is 5.75 Å². The molecule has 9 heteroatoms. The van der Waals surface area contributed by atoms with Crippen LogP contribution in [0.4, 0.5) is 5.00 Å². The van der Waals surface area contributed by atoms with Gasteiger partial charge in [0.15, 0.2) is 5.11 Å². The zero-order valence-electron chi connectivity index (χ0n) is 18.5. The first-order valence-electron chi connectivity index (χ1n) is 10.1. The number of thiophene rings is 1. The fourth-order valence-corrected chi connectivity index (χ4v) is 4.61. The number of carbonyl (C=O) groups excluding carboxylic acids is 2. The Hall–Kier alpha value is -2.65. The molecule has 0 bridgehead atoms. The number of hydrogen-bond acceptors (Lipinski definition) is 6. The van der Waals surface area contributed by atoms with Gasteiger partial charge in [-0.05, 0) is 56.6 Å². The van der Waals surface area contributed by atoms with Crippen molar-refractivity contribution in [3.05, 3.63) is 45.8 Å². The quantitative estimate of drug-likeness (QED) is 0.432. The number of para-hydroxylation sites is 1. The molecule has 2 N–H and O–H groups in total. The summed E-state index contributed by atoms with van der Waals surface area (Å²) in [5.74, 6) is 0.206. The number of ether oxygens (including phenoxy) is 2. The highest BCUT2D eigenvalue weighted by Gasteiger charge is 2.27. The highest BCUT2D eigenvalue weighted by atomic mass is 32.1. The van der Waals surface area contributed by atoms with Crippen molar-refractivity contribution >= 4 is 45.5 Å². The molecule has 1 amide bonds. The number of rotatable bonds is 9. The molecule has 2 rings (SSSR count). The van der Waals surface area contributed by atoms with Crippen molar-refractivity contribution in [1.82, 2.24) is 10.2 Å². The third-order valence-electron chi connectivity index (χ3n) is 4.88. The van der Waals surface area contributed by atoms with E-state index >= 15 is 0 Å². The van der Waals surface area contributed by atoms with Crippen LogP contribution in [0, 0.1) is 6.92 Å². The standard InChI is InChI=1S/C22H29N3O4S2/c1-6-25(7-2)20(26)18-14(3)17(21(27)29-5)19(31-18)24-22(30)23-13-12-15-10-8-9-11-16(15)28-4/h8-11H,6-7,12-13H2,1-5H3,(H2,23,24,30). The number of amides is 1. The first-order chi connectivity index (χ1) is 14.9. The van der Waals surface area contributed by atoms with Gasteiger partial charge in [-0.15, -0.1) is 11.3 Å². The molecule has 168 valence electrons. The zero-order chi connectivity index (χ0) is 23.0. The van der Waals surface area contributed by atoms with Crippen LogP contribution in [0.25, 0.3) is 0 Å². The molecular formula is C22H29N3O4S2. The maximum atomic E-state index is 12.9. The zero-order valence-corrected chi connectivity index (χ0v) is 20.2. The first-order valence-corrected chi connectivity index (χ1v) is 11.3. The van der Waals surface area contributed by atoms with Gasteiger partial charge in [0.05, 0.1) is 24.7 Å². The normalized spacial score (nSPS) is 10.4. The van der Waals surface area contributed by atoms with E-state index in [1.807, 2.05) is 38.1 Å². The molecule has 0 spiro atoms. The lowest BCUT2D eigenvalue weighted by Crippen LogP contribution is -2.30. The van der Waals surface area contributed by atoms with Gasteiger partial charge in [0.2, 0.25) is 0 Å². The second kappa shape index (κ2) is 11.7. The van der Waals surface area contributed by atoms with E-state index in [1.54, 1.807) is 18.9 Å². The second-order valence-electron chi connectivity index (χ2n) is 6.67. The number of nitrogens with zero attached hydrogens (tertiary/aromatic N) is 1. The minimum atomic E-state index is -0.508. The molecule has 1 aromatic carbocycles. The molecule has 0 fully saturated rings. The maximum Gasteiger partial charge on any atom is 0.341 e. The minimum Gasteiger partial charge on any atom is -0.496 e. The van der Waals surface area contributed by atoms with Crippen LogP contribution in [0.2, 0.25) is 0 Å². The van der Waals surface area contributed by atoms with Crippen molar-refractivity contribution in [2.24, 2.45) is 0 Å². The van der Waals surface area contributed by atoms with E-state index in [2.05, 4.69) is 10.6 Å². The van der Waals surface area contributed by atoms with E-state index in [0.717, 1.165) is 11.3 Å². The molecule has 2 aromatic rings. The van der Waals surface area contributed by atoms with Crippen LogP contribution in [-0.2, 0) is 11.2 Å². The summed E-state index contributed by atoms with van der Waals surface area (Å²) in [6.07, 6.45) is 0.713. The lowest BCUT2D eigenvalue weighted by atomic mass is 10.1. The molecule has 0 aliphatic heterocycles. The van der Waals surface area contributed by atoms with E-state index in [-0.39, 0.29) is 5.91 Å². The summed E-state index contributed by atoms with van der Waals surface area (Å²) >= 11 is 6.63. The minimum absolute atomic E-state index is 0.110. The molecule has 0 unspecified atom stereocenters. The SMILES string of the molecule is CCN(CC)C(=O)c1sc(NC(=S)NCCc2ccccc2OC)c(C(=O)OC)c1C. The van der Waals surface area contributed by atoms with Crippen molar-refractivity contribution in [3.8, 4) is 5.75 Å². The number of methoxy groups -OCH3 is 2. The monoisotopic (exact) mass is 463 g/mol. The molecule has 0 saturated carbocycles. The predicted molar refractivity (Wildman–Crippen MR) is 129 cm³/mol. The van der Waals surface area contributed by atoms with Gasteiger partial charge in [0.25, 0.3) is 5.91 Å². The molecule has 0 aliphatic carbocycles. The van der Waals surface area contributed by atoms with E-state index in [1.165, 1.54) is 18.4 Å². The van der Waals surface area contributed by atoms with Crippen LogP contribution in [0.3, 0.4) is 0 Å². The Kier molecular flexibility index (Phi) is 9.26. The number of benzene rings is 1. The van der Waals surface area contributed by atoms with Gasteiger partial charge in [0, 0.05) is 19.6 Å².